The Labute approximate surface area is 168 Å². The van der Waals surface area contributed by atoms with Crippen LogP contribution in [-0.2, 0) is 20.7 Å². The molecule has 0 aliphatic rings. The van der Waals surface area contributed by atoms with Gasteiger partial charge in [-0.1, -0.05) is 30.3 Å². The molecule has 0 bridgehead atoms. The van der Waals surface area contributed by atoms with Crippen LogP contribution >= 0.6 is 12.2 Å². The largest absolute Gasteiger partial charge is 0.465 e. The molecule has 0 heterocycles. The maximum Gasteiger partial charge on any atom is 0.306 e. The molecule has 8 heteroatoms. The predicted molar refractivity (Wildman–Crippen MR) is 110 cm³/mol. The second-order valence-corrected chi connectivity index (χ2v) is 6.31. The summed E-state index contributed by atoms with van der Waals surface area (Å²) in [5.74, 6) is -1.36. The number of carbonyl (C=O) groups is 3. The van der Waals surface area contributed by atoms with Gasteiger partial charge in [0.2, 0.25) is 11.8 Å². The second kappa shape index (κ2) is 10.8. The first-order valence-electron chi connectivity index (χ1n) is 8.64. The van der Waals surface area contributed by atoms with Crippen molar-refractivity contribution < 1.29 is 19.1 Å². The first kappa shape index (κ1) is 21.0. The quantitative estimate of drug-likeness (QED) is 0.463. The van der Waals surface area contributed by atoms with Gasteiger partial charge in [-0.15, -0.1) is 0 Å². The predicted octanol–water partition coefficient (Wildman–Crippen LogP) is 2.16. The number of carbonyl (C=O) groups excluding carboxylic acids is 3. The molecule has 0 unspecified atom stereocenters. The van der Waals surface area contributed by atoms with Crippen LogP contribution in [-0.4, -0.2) is 29.5 Å². The van der Waals surface area contributed by atoms with E-state index in [1.54, 1.807) is 24.3 Å². The number of nitrogens with one attached hydrogen (secondary N) is 2. The number of benzene rings is 2. The van der Waals surface area contributed by atoms with E-state index in [-0.39, 0.29) is 24.6 Å². The van der Waals surface area contributed by atoms with Gasteiger partial charge in [0.1, 0.15) is 0 Å². The minimum absolute atomic E-state index is 0.0312. The van der Waals surface area contributed by atoms with E-state index in [1.807, 2.05) is 30.3 Å². The minimum atomic E-state index is -0.530. The summed E-state index contributed by atoms with van der Waals surface area (Å²) in [4.78, 5) is 34.6. The van der Waals surface area contributed by atoms with E-state index in [9.17, 15) is 14.4 Å². The van der Waals surface area contributed by atoms with Gasteiger partial charge in [-0.25, -0.2) is 0 Å². The zero-order chi connectivity index (χ0) is 20.4. The third kappa shape index (κ3) is 7.55. The van der Waals surface area contributed by atoms with Crippen molar-refractivity contribution in [2.75, 3.05) is 11.9 Å². The highest BCUT2D eigenvalue weighted by atomic mass is 32.1. The summed E-state index contributed by atoms with van der Waals surface area (Å²) in [6.07, 6.45) is 0.560. The second-order valence-electron chi connectivity index (χ2n) is 5.90. The van der Waals surface area contributed by atoms with Gasteiger partial charge < -0.3 is 21.1 Å². The molecule has 0 spiro atoms. The molecule has 0 fully saturated rings. The number of anilines is 1. The molecular weight excluding hydrogens is 378 g/mol. The lowest BCUT2D eigenvalue weighted by atomic mass is 10.2. The van der Waals surface area contributed by atoms with Crippen LogP contribution in [0.3, 0.4) is 0 Å². The molecule has 0 atom stereocenters. The van der Waals surface area contributed by atoms with E-state index in [0.29, 0.717) is 17.7 Å². The van der Waals surface area contributed by atoms with Crippen LogP contribution < -0.4 is 16.4 Å². The molecule has 7 nitrogen and oxygen atoms in total. The van der Waals surface area contributed by atoms with Gasteiger partial charge >= 0.3 is 5.97 Å². The highest BCUT2D eigenvalue weighted by Gasteiger charge is 2.10. The monoisotopic (exact) mass is 399 g/mol. The van der Waals surface area contributed by atoms with Crippen LogP contribution in [0.2, 0.25) is 0 Å². The van der Waals surface area contributed by atoms with Crippen LogP contribution in [0.1, 0.15) is 28.8 Å². The molecule has 0 aliphatic carbocycles. The molecular formula is C20H21N3O4S. The molecule has 2 amide bonds. The van der Waals surface area contributed by atoms with Gasteiger partial charge in [0, 0.05) is 24.1 Å². The lowest BCUT2D eigenvalue weighted by molar-refractivity contribution is -0.144. The van der Waals surface area contributed by atoms with Crippen LogP contribution in [0.5, 0.6) is 0 Å². The Morgan fingerprint density at radius 2 is 1.64 bits per heavy atom. The Morgan fingerprint density at radius 1 is 0.964 bits per heavy atom. The highest BCUT2D eigenvalue weighted by molar-refractivity contribution is 7.80. The summed E-state index contributed by atoms with van der Waals surface area (Å²) >= 11 is 5.05. The SMILES string of the molecule is NC(=O)c1ccc(NC(=S)NC(=O)CCC(=O)OCCc2ccccc2)cc1. The Kier molecular flexibility index (Phi) is 8.11. The fourth-order valence-electron chi connectivity index (χ4n) is 2.28. The molecule has 2 rings (SSSR count). The summed E-state index contributed by atoms with van der Waals surface area (Å²) in [6.45, 7) is 0.270. The number of hydrogen-bond donors (Lipinski definition) is 3. The molecule has 0 aliphatic heterocycles. The van der Waals surface area contributed by atoms with E-state index in [0.717, 1.165) is 5.56 Å². The third-order valence-corrected chi connectivity index (χ3v) is 3.94. The van der Waals surface area contributed by atoms with Gasteiger partial charge in [-0.2, -0.15) is 0 Å². The van der Waals surface area contributed by atoms with Gasteiger partial charge in [0.25, 0.3) is 0 Å². The van der Waals surface area contributed by atoms with Gasteiger partial charge in [0.05, 0.1) is 13.0 Å². The molecule has 2 aromatic rings. The van der Waals surface area contributed by atoms with Gasteiger partial charge in [-0.05, 0) is 42.0 Å². The molecule has 0 radical (unpaired) electrons. The molecule has 28 heavy (non-hydrogen) atoms. The number of hydrogen-bond acceptors (Lipinski definition) is 5. The summed E-state index contributed by atoms with van der Waals surface area (Å²) in [5.41, 5.74) is 7.21. The Bertz CT molecular complexity index is 838. The Balaban J connectivity index is 1.64. The maximum absolute atomic E-state index is 11.9. The normalized spacial score (nSPS) is 10.0. The molecule has 146 valence electrons. The summed E-state index contributed by atoms with van der Waals surface area (Å²) < 4.78 is 5.12. The van der Waals surface area contributed by atoms with Crippen LogP contribution in [0, 0.1) is 0 Å². The number of ether oxygens (including phenoxy) is 1. The molecule has 2 aromatic carbocycles. The van der Waals surface area contributed by atoms with Crippen LogP contribution in [0.15, 0.2) is 54.6 Å². The molecule has 0 saturated heterocycles. The van der Waals surface area contributed by atoms with Crippen molar-refractivity contribution in [3.8, 4) is 0 Å². The van der Waals surface area contributed by atoms with Crippen molar-refractivity contribution >= 4 is 40.8 Å². The topological polar surface area (TPSA) is 111 Å². The minimum Gasteiger partial charge on any atom is -0.465 e. The maximum atomic E-state index is 11.9. The van der Waals surface area contributed by atoms with Crippen molar-refractivity contribution in [1.29, 1.82) is 0 Å². The van der Waals surface area contributed by atoms with Gasteiger partial charge in [0.15, 0.2) is 5.11 Å². The van der Waals surface area contributed by atoms with E-state index in [1.165, 1.54) is 0 Å². The van der Waals surface area contributed by atoms with Crippen molar-refractivity contribution in [1.82, 2.24) is 5.32 Å². The molecule has 0 saturated carbocycles. The standard InChI is InChI=1S/C20H21N3O4S/c21-19(26)15-6-8-16(9-7-15)22-20(28)23-17(24)10-11-18(25)27-13-12-14-4-2-1-3-5-14/h1-9H,10-13H2,(H2,21,26)(H2,22,23,24,28). The number of nitrogens with two attached hydrogens (primary N) is 1. The van der Waals surface area contributed by atoms with E-state index in [4.69, 9.17) is 22.7 Å². The fourth-order valence-corrected chi connectivity index (χ4v) is 2.52. The molecule has 0 aromatic heterocycles. The van der Waals surface area contributed by atoms with Crippen LogP contribution in [0.25, 0.3) is 0 Å². The van der Waals surface area contributed by atoms with Crippen molar-refractivity contribution in [2.45, 2.75) is 19.3 Å². The smallest absolute Gasteiger partial charge is 0.306 e. The fraction of sp³-hybridized carbons (Fsp3) is 0.200. The number of amides is 2. The van der Waals surface area contributed by atoms with Crippen molar-refractivity contribution in [2.24, 2.45) is 5.73 Å². The Hall–Kier alpha value is -3.26. The first-order chi connectivity index (χ1) is 13.4. The average Bonchev–Trinajstić information content (AvgIpc) is 2.67. The van der Waals surface area contributed by atoms with E-state index >= 15 is 0 Å². The average molecular weight is 399 g/mol. The lowest BCUT2D eigenvalue weighted by Gasteiger charge is -2.10. The summed E-state index contributed by atoms with van der Waals surface area (Å²) in [5, 5.41) is 5.39. The highest BCUT2D eigenvalue weighted by Crippen LogP contribution is 2.09. The Morgan fingerprint density at radius 3 is 2.29 bits per heavy atom. The van der Waals surface area contributed by atoms with Crippen LogP contribution in [0.4, 0.5) is 5.69 Å². The number of rotatable bonds is 8. The number of esters is 1. The third-order valence-electron chi connectivity index (χ3n) is 3.73. The lowest BCUT2D eigenvalue weighted by Crippen LogP contribution is -2.34. The van der Waals surface area contributed by atoms with E-state index < -0.39 is 17.8 Å². The first-order valence-corrected chi connectivity index (χ1v) is 9.05. The van der Waals surface area contributed by atoms with E-state index in [2.05, 4.69) is 10.6 Å². The van der Waals surface area contributed by atoms with Crippen molar-refractivity contribution in [3.05, 3.63) is 65.7 Å². The summed E-state index contributed by atoms with van der Waals surface area (Å²) in [6, 6.07) is 16.0. The van der Waals surface area contributed by atoms with Gasteiger partial charge in [-0.3, -0.25) is 14.4 Å². The molecule has 4 N–H and O–H groups in total. The number of thiocarbonyl (C=S) groups is 1. The zero-order valence-corrected chi connectivity index (χ0v) is 16.0. The number of primary amides is 1. The zero-order valence-electron chi connectivity index (χ0n) is 15.1. The van der Waals surface area contributed by atoms with Crippen molar-refractivity contribution in [3.63, 3.8) is 0 Å². The summed E-state index contributed by atoms with van der Waals surface area (Å²) in [7, 11) is 0.